The number of hydrogen-bond acceptors (Lipinski definition) is 4. The highest BCUT2D eigenvalue weighted by molar-refractivity contribution is 6.36. The molecular formula is C27H19N2O3. The largest absolute Gasteiger partial charge is 0.487 e. The molecule has 5 heteroatoms. The van der Waals surface area contributed by atoms with Gasteiger partial charge in [0.25, 0.3) is 5.91 Å². The lowest BCUT2D eigenvalue weighted by atomic mass is 10.0. The Morgan fingerprint density at radius 1 is 0.938 bits per heavy atom. The van der Waals surface area contributed by atoms with Crippen molar-refractivity contribution in [3.8, 4) is 5.75 Å². The lowest BCUT2D eigenvalue weighted by molar-refractivity contribution is -0.112. The van der Waals surface area contributed by atoms with Crippen molar-refractivity contribution in [3.63, 3.8) is 0 Å². The summed E-state index contributed by atoms with van der Waals surface area (Å²) in [6.45, 7) is 0.345. The van der Waals surface area contributed by atoms with Gasteiger partial charge in [0, 0.05) is 22.7 Å². The molecule has 32 heavy (non-hydrogen) atoms. The number of hydrogen-bond donors (Lipinski definition) is 0. The highest BCUT2D eigenvalue weighted by Crippen LogP contribution is 2.38. The molecule has 1 aliphatic heterocycles. The van der Waals surface area contributed by atoms with Gasteiger partial charge in [0.1, 0.15) is 17.9 Å². The van der Waals surface area contributed by atoms with Crippen LogP contribution >= 0.6 is 0 Å². The number of ether oxygens (including phenoxy) is 1. The molecule has 0 saturated heterocycles. The first kappa shape index (κ1) is 19.7. The zero-order valence-electron chi connectivity index (χ0n) is 17.2. The minimum absolute atomic E-state index is 0.0955. The Bertz CT molecular complexity index is 1350. The third-order valence-electron chi connectivity index (χ3n) is 5.49. The van der Waals surface area contributed by atoms with E-state index in [0.29, 0.717) is 17.9 Å². The van der Waals surface area contributed by atoms with E-state index in [-0.39, 0.29) is 12.5 Å². The highest BCUT2D eigenvalue weighted by atomic mass is 16.5. The molecule has 5 rings (SSSR count). The second-order valence-electron chi connectivity index (χ2n) is 7.44. The normalized spacial score (nSPS) is 14.1. The molecule has 1 aliphatic rings. The van der Waals surface area contributed by atoms with Crippen LogP contribution in [-0.4, -0.2) is 23.7 Å². The Kier molecular flexibility index (Phi) is 5.22. The predicted molar refractivity (Wildman–Crippen MR) is 125 cm³/mol. The number of para-hydroxylation sites is 1. The van der Waals surface area contributed by atoms with E-state index in [9.17, 15) is 9.59 Å². The quantitative estimate of drug-likeness (QED) is 0.421. The predicted octanol–water partition coefficient (Wildman–Crippen LogP) is 4.81. The lowest BCUT2D eigenvalue weighted by Crippen LogP contribution is -2.28. The third kappa shape index (κ3) is 3.54. The Balaban J connectivity index is 1.55. The van der Waals surface area contributed by atoms with E-state index in [1.54, 1.807) is 6.20 Å². The summed E-state index contributed by atoms with van der Waals surface area (Å²) in [5.41, 5.74) is 4.72. The van der Waals surface area contributed by atoms with Gasteiger partial charge in [-0.2, -0.15) is 0 Å². The van der Waals surface area contributed by atoms with E-state index >= 15 is 0 Å². The van der Waals surface area contributed by atoms with Crippen LogP contribution in [0.4, 0.5) is 5.69 Å². The molecule has 0 saturated carbocycles. The summed E-state index contributed by atoms with van der Waals surface area (Å²) >= 11 is 0. The molecule has 0 unspecified atom stereocenters. The Hall–Kier alpha value is -4.25. The van der Waals surface area contributed by atoms with Gasteiger partial charge >= 0.3 is 0 Å². The Morgan fingerprint density at radius 2 is 1.75 bits per heavy atom. The standard InChI is InChI=1S/C27H19N2O3/c30-16-15-29-24-11-5-4-9-22(24)23(27(29)31)17-20-12-13-25(26-21(20)10-6-14-28-26)32-18-19-7-2-1-3-8-19/h1-14,17H,15,18H2. The van der Waals surface area contributed by atoms with Crippen LogP contribution in [-0.2, 0) is 16.2 Å². The van der Waals surface area contributed by atoms with Crippen LogP contribution < -0.4 is 9.64 Å². The van der Waals surface area contributed by atoms with Gasteiger partial charge in [-0.05, 0) is 35.4 Å². The third-order valence-corrected chi connectivity index (χ3v) is 5.49. The van der Waals surface area contributed by atoms with Crippen LogP contribution in [0, 0.1) is 0 Å². The SMILES string of the molecule is O=[C]CN1C(=O)C(=Cc2ccc(OCc3ccccc3)c3ncccc23)c2ccccc21. The van der Waals surface area contributed by atoms with E-state index in [2.05, 4.69) is 4.98 Å². The zero-order chi connectivity index (χ0) is 21.9. The van der Waals surface area contributed by atoms with Crippen molar-refractivity contribution in [1.82, 2.24) is 4.98 Å². The molecular weight excluding hydrogens is 400 g/mol. The van der Waals surface area contributed by atoms with Crippen molar-refractivity contribution in [3.05, 3.63) is 102 Å². The van der Waals surface area contributed by atoms with E-state index in [1.165, 1.54) is 4.90 Å². The van der Waals surface area contributed by atoms with Crippen LogP contribution in [0.25, 0.3) is 22.6 Å². The summed E-state index contributed by atoms with van der Waals surface area (Å²) in [7, 11) is 0. The van der Waals surface area contributed by atoms with Crippen LogP contribution in [0.15, 0.2) is 85.1 Å². The minimum Gasteiger partial charge on any atom is -0.487 e. The Morgan fingerprint density at radius 3 is 2.59 bits per heavy atom. The molecule has 155 valence electrons. The fourth-order valence-corrected chi connectivity index (χ4v) is 3.97. The maximum atomic E-state index is 13.1. The van der Waals surface area contributed by atoms with E-state index < -0.39 is 0 Å². The first-order valence-electron chi connectivity index (χ1n) is 10.3. The average Bonchev–Trinajstić information content (AvgIpc) is 3.10. The van der Waals surface area contributed by atoms with Crippen molar-refractivity contribution in [2.45, 2.75) is 6.61 Å². The number of anilines is 1. The highest BCUT2D eigenvalue weighted by Gasteiger charge is 2.31. The number of aromatic nitrogens is 1. The second kappa shape index (κ2) is 8.47. The van der Waals surface area contributed by atoms with Gasteiger partial charge < -0.3 is 4.74 Å². The maximum absolute atomic E-state index is 13.1. The number of pyridine rings is 1. The van der Waals surface area contributed by atoms with Crippen LogP contribution in [0.5, 0.6) is 5.75 Å². The zero-order valence-corrected chi connectivity index (χ0v) is 17.2. The second-order valence-corrected chi connectivity index (χ2v) is 7.44. The summed E-state index contributed by atoms with van der Waals surface area (Å²) < 4.78 is 6.06. The molecule has 0 spiro atoms. The van der Waals surface area contributed by atoms with E-state index in [4.69, 9.17) is 4.74 Å². The molecule has 4 aromatic rings. The first-order valence-corrected chi connectivity index (χ1v) is 10.3. The molecule has 5 nitrogen and oxygen atoms in total. The number of nitrogens with zero attached hydrogens (tertiary/aromatic N) is 2. The molecule has 1 amide bonds. The average molecular weight is 419 g/mol. The van der Waals surface area contributed by atoms with Crippen LogP contribution in [0.3, 0.4) is 0 Å². The Labute approximate surface area is 185 Å². The van der Waals surface area contributed by atoms with Crippen LogP contribution in [0.1, 0.15) is 16.7 Å². The van der Waals surface area contributed by atoms with Gasteiger partial charge in [-0.25, -0.2) is 0 Å². The van der Waals surface area contributed by atoms with Gasteiger partial charge in [0.05, 0.1) is 12.2 Å². The fourth-order valence-electron chi connectivity index (χ4n) is 3.97. The molecule has 0 aliphatic carbocycles. The van der Waals surface area contributed by atoms with Gasteiger partial charge in [-0.1, -0.05) is 60.7 Å². The van der Waals surface area contributed by atoms with Crippen molar-refractivity contribution in [2.75, 3.05) is 11.4 Å². The van der Waals surface area contributed by atoms with Crippen molar-refractivity contribution in [2.24, 2.45) is 0 Å². The smallest absolute Gasteiger partial charge is 0.259 e. The molecule has 0 atom stereocenters. The molecule has 0 N–H and O–H groups in total. The molecule has 0 fully saturated rings. The van der Waals surface area contributed by atoms with Gasteiger partial charge in [-0.3, -0.25) is 19.5 Å². The molecule has 1 radical (unpaired) electrons. The number of amides is 1. The van der Waals surface area contributed by atoms with Crippen molar-refractivity contribution < 1.29 is 14.3 Å². The number of benzene rings is 3. The fraction of sp³-hybridized carbons (Fsp3) is 0.0741. The number of rotatable bonds is 6. The van der Waals surface area contributed by atoms with Crippen molar-refractivity contribution >= 4 is 40.4 Å². The molecule has 0 bridgehead atoms. The monoisotopic (exact) mass is 419 g/mol. The number of carbonyl (C=O) groups excluding carboxylic acids is 2. The van der Waals surface area contributed by atoms with Gasteiger partial charge in [0.15, 0.2) is 0 Å². The van der Waals surface area contributed by atoms with Gasteiger partial charge in [-0.15, -0.1) is 0 Å². The minimum atomic E-state index is -0.212. The summed E-state index contributed by atoms with van der Waals surface area (Å²) in [6.07, 6.45) is 5.42. The summed E-state index contributed by atoms with van der Waals surface area (Å²) in [5, 5.41) is 0.885. The summed E-state index contributed by atoms with van der Waals surface area (Å²) in [5.74, 6) is 0.470. The number of carbonyl (C=O) groups is 1. The first-order chi connectivity index (χ1) is 15.8. The molecule has 1 aromatic heterocycles. The van der Waals surface area contributed by atoms with Crippen molar-refractivity contribution in [1.29, 1.82) is 0 Å². The number of fused-ring (bicyclic) bond motifs is 2. The topological polar surface area (TPSA) is 59.5 Å². The van der Waals surface area contributed by atoms with Crippen LogP contribution in [0.2, 0.25) is 0 Å². The lowest BCUT2D eigenvalue weighted by Gasteiger charge is -2.12. The van der Waals surface area contributed by atoms with Gasteiger partial charge in [0.2, 0.25) is 6.29 Å². The summed E-state index contributed by atoms with van der Waals surface area (Å²) in [4.78, 5) is 30.0. The summed E-state index contributed by atoms with van der Waals surface area (Å²) in [6, 6.07) is 25.1. The maximum Gasteiger partial charge on any atom is 0.259 e. The molecule has 2 heterocycles. The molecule has 3 aromatic carbocycles. The van der Waals surface area contributed by atoms with E-state index in [0.717, 1.165) is 33.3 Å². The van der Waals surface area contributed by atoms with E-state index in [1.807, 2.05) is 91.2 Å².